The summed E-state index contributed by atoms with van der Waals surface area (Å²) >= 11 is 0. The van der Waals surface area contributed by atoms with E-state index in [1.54, 1.807) is 11.1 Å². The van der Waals surface area contributed by atoms with Gasteiger partial charge in [0, 0.05) is 10.8 Å². The maximum Gasteiger partial charge on any atom is 0.241 e. The average Bonchev–Trinajstić information content (AvgIpc) is 3.08. The van der Waals surface area contributed by atoms with E-state index < -0.39 is 0 Å². The van der Waals surface area contributed by atoms with Crippen LogP contribution in [0, 0.1) is 0 Å². The molecule has 6 nitrogen and oxygen atoms in total. The van der Waals surface area contributed by atoms with Crippen molar-refractivity contribution in [2.45, 2.75) is 6.42 Å². The molecule has 0 saturated heterocycles. The molecule has 0 radical (unpaired) electrons. The summed E-state index contributed by atoms with van der Waals surface area (Å²) in [6, 6.07) is 17.3. The Balaban J connectivity index is 1.84. The normalized spacial score (nSPS) is 14.4. The van der Waals surface area contributed by atoms with Gasteiger partial charge in [-0.25, -0.2) is 0 Å². The molecular weight excluding hydrogens is 328 g/mol. The fourth-order valence-electron chi connectivity index (χ4n) is 3.52. The summed E-state index contributed by atoms with van der Waals surface area (Å²) in [7, 11) is 0. The molecule has 0 atom stereocenters. The summed E-state index contributed by atoms with van der Waals surface area (Å²) in [5.74, 6) is -0.584. The molecular formula is C20H14N4O2. The fourth-order valence-corrected chi connectivity index (χ4v) is 3.52. The van der Waals surface area contributed by atoms with E-state index in [1.165, 1.54) is 0 Å². The van der Waals surface area contributed by atoms with Crippen LogP contribution in [0.4, 0.5) is 17.1 Å². The van der Waals surface area contributed by atoms with E-state index in [1.807, 2.05) is 54.6 Å². The third-order valence-electron chi connectivity index (χ3n) is 4.68. The van der Waals surface area contributed by atoms with Crippen LogP contribution in [-0.4, -0.2) is 22.0 Å². The van der Waals surface area contributed by atoms with E-state index in [2.05, 4.69) is 15.5 Å². The fraction of sp³-hybridized carbons (Fsp3) is 0.0500. The molecule has 3 aromatic carbocycles. The number of carbonyl (C=O) groups is 2. The maximum absolute atomic E-state index is 12.9. The maximum atomic E-state index is 12.9. The molecule has 126 valence electrons. The van der Waals surface area contributed by atoms with Gasteiger partial charge in [0.25, 0.3) is 0 Å². The molecule has 2 heterocycles. The first-order valence-corrected chi connectivity index (χ1v) is 8.29. The van der Waals surface area contributed by atoms with Gasteiger partial charge < -0.3 is 5.32 Å². The van der Waals surface area contributed by atoms with E-state index in [0.29, 0.717) is 17.1 Å². The monoisotopic (exact) mass is 342 g/mol. The molecule has 1 aromatic heterocycles. The molecule has 0 aliphatic carbocycles. The molecule has 1 aliphatic rings. The first kappa shape index (κ1) is 14.7. The molecule has 5 rings (SSSR count). The largest absolute Gasteiger partial charge is 0.323 e. The second-order valence-corrected chi connectivity index (χ2v) is 6.24. The lowest BCUT2D eigenvalue weighted by Crippen LogP contribution is -2.26. The molecule has 0 fully saturated rings. The van der Waals surface area contributed by atoms with E-state index in [0.717, 1.165) is 21.7 Å². The van der Waals surface area contributed by atoms with Gasteiger partial charge in [-0.15, -0.1) is 0 Å². The van der Waals surface area contributed by atoms with Crippen molar-refractivity contribution in [3.63, 3.8) is 0 Å². The van der Waals surface area contributed by atoms with Crippen molar-refractivity contribution in [2.75, 3.05) is 10.2 Å². The Hall–Kier alpha value is -3.67. The number of amides is 2. The quantitative estimate of drug-likeness (QED) is 0.518. The van der Waals surface area contributed by atoms with Gasteiger partial charge in [-0.1, -0.05) is 36.4 Å². The van der Waals surface area contributed by atoms with Crippen molar-refractivity contribution in [3.8, 4) is 0 Å². The molecule has 2 amide bonds. The van der Waals surface area contributed by atoms with Crippen molar-refractivity contribution in [3.05, 3.63) is 60.8 Å². The molecule has 4 aromatic rings. The van der Waals surface area contributed by atoms with Crippen molar-refractivity contribution < 1.29 is 9.59 Å². The van der Waals surface area contributed by atoms with Gasteiger partial charge in [0.15, 0.2) is 0 Å². The summed E-state index contributed by atoms with van der Waals surface area (Å²) in [5, 5.41) is 12.6. The van der Waals surface area contributed by atoms with Crippen molar-refractivity contribution >= 4 is 50.6 Å². The number of hydrogen-bond acceptors (Lipinski definition) is 3. The highest BCUT2D eigenvalue weighted by Gasteiger charge is 2.29. The van der Waals surface area contributed by atoms with Gasteiger partial charge in [0.2, 0.25) is 11.8 Å². The standard InChI is InChI=1S/C20H14N4O2/c25-18-10-19(26)24(16-7-3-6-15-14(16)11-21-23-15)17-9-8-12-4-1-2-5-13(12)20(17)22-18/h1-9,11H,10H2,(H,21,23)(H,22,25). The number of rotatable bonds is 1. The highest BCUT2D eigenvalue weighted by atomic mass is 16.2. The van der Waals surface area contributed by atoms with Crippen LogP contribution in [0.2, 0.25) is 0 Å². The Bertz CT molecular complexity index is 1190. The van der Waals surface area contributed by atoms with Crippen LogP contribution in [-0.2, 0) is 9.59 Å². The first-order chi connectivity index (χ1) is 12.7. The molecule has 0 saturated carbocycles. The molecule has 0 bridgehead atoms. The Morgan fingerprint density at radius 2 is 1.77 bits per heavy atom. The van der Waals surface area contributed by atoms with Crippen LogP contribution in [0.5, 0.6) is 0 Å². The number of fused-ring (bicyclic) bond motifs is 4. The molecule has 26 heavy (non-hydrogen) atoms. The minimum Gasteiger partial charge on any atom is -0.323 e. The SMILES string of the molecule is O=C1CC(=O)N(c2cccc3[nH]ncc23)c2ccc3ccccc3c2N1. The zero-order valence-electron chi connectivity index (χ0n) is 13.7. The zero-order valence-corrected chi connectivity index (χ0v) is 13.7. The highest BCUT2D eigenvalue weighted by molar-refractivity contribution is 6.22. The topological polar surface area (TPSA) is 78.1 Å². The molecule has 6 heteroatoms. The van der Waals surface area contributed by atoms with Crippen LogP contribution in [0.15, 0.2) is 60.8 Å². The van der Waals surface area contributed by atoms with Crippen molar-refractivity contribution in [2.24, 2.45) is 0 Å². The Labute approximate surface area is 148 Å². The van der Waals surface area contributed by atoms with Crippen LogP contribution in [0.1, 0.15) is 6.42 Å². The second kappa shape index (κ2) is 5.42. The Morgan fingerprint density at radius 1 is 0.885 bits per heavy atom. The van der Waals surface area contributed by atoms with E-state index in [4.69, 9.17) is 0 Å². The van der Waals surface area contributed by atoms with Crippen molar-refractivity contribution in [1.82, 2.24) is 10.2 Å². The van der Waals surface area contributed by atoms with E-state index >= 15 is 0 Å². The number of nitrogens with one attached hydrogen (secondary N) is 2. The van der Waals surface area contributed by atoms with Gasteiger partial charge in [-0.05, 0) is 23.6 Å². The smallest absolute Gasteiger partial charge is 0.241 e. The third-order valence-corrected chi connectivity index (χ3v) is 4.68. The number of aromatic nitrogens is 2. The lowest BCUT2D eigenvalue weighted by atomic mass is 10.1. The number of nitrogens with zero attached hydrogens (tertiary/aromatic N) is 2. The lowest BCUT2D eigenvalue weighted by molar-refractivity contribution is -0.124. The summed E-state index contributed by atoms with van der Waals surface area (Å²) in [5.41, 5.74) is 2.85. The number of carbonyl (C=O) groups excluding carboxylic acids is 2. The number of H-pyrrole nitrogens is 1. The van der Waals surface area contributed by atoms with Crippen LogP contribution in [0.3, 0.4) is 0 Å². The average molecular weight is 342 g/mol. The van der Waals surface area contributed by atoms with E-state index in [-0.39, 0.29) is 18.2 Å². The minimum absolute atomic E-state index is 0.211. The third kappa shape index (κ3) is 2.09. The summed E-state index contributed by atoms with van der Waals surface area (Å²) in [4.78, 5) is 26.8. The summed E-state index contributed by atoms with van der Waals surface area (Å²) in [6.45, 7) is 0. The highest BCUT2D eigenvalue weighted by Crippen LogP contribution is 2.41. The predicted octanol–water partition coefficient (Wildman–Crippen LogP) is 3.72. The molecule has 1 aliphatic heterocycles. The lowest BCUT2D eigenvalue weighted by Gasteiger charge is -2.24. The van der Waals surface area contributed by atoms with Gasteiger partial charge in [-0.3, -0.25) is 19.6 Å². The van der Waals surface area contributed by atoms with E-state index in [9.17, 15) is 9.59 Å². The van der Waals surface area contributed by atoms with Gasteiger partial charge in [0.05, 0.1) is 28.8 Å². The van der Waals surface area contributed by atoms with Crippen LogP contribution in [0.25, 0.3) is 21.7 Å². The number of anilines is 3. The predicted molar refractivity (Wildman–Crippen MR) is 100 cm³/mol. The Morgan fingerprint density at radius 3 is 2.69 bits per heavy atom. The van der Waals surface area contributed by atoms with Crippen LogP contribution < -0.4 is 10.2 Å². The van der Waals surface area contributed by atoms with Gasteiger partial charge in [-0.2, -0.15) is 5.10 Å². The second-order valence-electron chi connectivity index (χ2n) is 6.24. The number of hydrogen-bond donors (Lipinski definition) is 2. The van der Waals surface area contributed by atoms with Crippen molar-refractivity contribution in [1.29, 1.82) is 0 Å². The minimum atomic E-state index is -0.311. The summed E-state index contributed by atoms with van der Waals surface area (Å²) < 4.78 is 0. The molecule has 2 N–H and O–H groups in total. The van der Waals surface area contributed by atoms with Gasteiger partial charge >= 0.3 is 0 Å². The summed E-state index contributed by atoms with van der Waals surface area (Å²) in [6.07, 6.45) is 1.48. The molecule has 0 spiro atoms. The van der Waals surface area contributed by atoms with Gasteiger partial charge in [0.1, 0.15) is 6.42 Å². The first-order valence-electron chi connectivity index (χ1n) is 8.29. The van der Waals surface area contributed by atoms with Crippen LogP contribution >= 0.6 is 0 Å². The number of benzene rings is 3. The Kier molecular flexibility index (Phi) is 3.05. The zero-order chi connectivity index (χ0) is 17.7. The molecule has 0 unspecified atom stereocenters. The number of aromatic amines is 1.